The minimum atomic E-state index is -0.341. The molecule has 0 spiro atoms. The predicted molar refractivity (Wildman–Crippen MR) is 70.4 cm³/mol. The SMILES string of the molecule is CCCc1cccc(C(=O)C(OC)C(C)C)c1. The van der Waals surface area contributed by atoms with Crippen LogP contribution in [0.2, 0.25) is 0 Å². The van der Waals surface area contributed by atoms with E-state index in [4.69, 9.17) is 4.74 Å². The smallest absolute Gasteiger partial charge is 0.191 e. The van der Waals surface area contributed by atoms with E-state index in [0.717, 1.165) is 18.4 Å². The van der Waals surface area contributed by atoms with Gasteiger partial charge in [-0.3, -0.25) is 4.79 Å². The largest absolute Gasteiger partial charge is 0.373 e. The molecular weight excluding hydrogens is 212 g/mol. The summed E-state index contributed by atoms with van der Waals surface area (Å²) in [5.74, 6) is 0.280. The maximum absolute atomic E-state index is 12.2. The maximum Gasteiger partial charge on any atom is 0.191 e. The Balaban J connectivity index is 2.91. The molecule has 0 N–H and O–H groups in total. The first-order chi connectivity index (χ1) is 8.10. The first kappa shape index (κ1) is 13.9. The summed E-state index contributed by atoms with van der Waals surface area (Å²) in [6.07, 6.45) is 1.77. The van der Waals surface area contributed by atoms with Crippen molar-refractivity contribution in [2.45, 2.75) is 39.7 Å². The number of ketones is 1. The molecule has 0 heterocycles. The summed E-state index contributed by atoms with van der Waals surface area (Å²) in [5.41, 5.74) is 1.98. The molecule has 1 unspecified atom stereocenters. The number of aryl methyl sites for hydroxylation is 1. The molecule has 0 aliphatic carbocycles. The Morgan fingerprint density at radius 2 is 2.06 bits per heavy atom. The normalized spacial score (nSPS) is 12.8. The van der Waals surface area contributed by atoms with Crippen LogP contribution in [0, 0.1) is 5.92 Å². The zero-order valence-corrected chi connectivity index (χ0v) is 11.2. The Labute approximate surface area is 104 Å². The maximum atomic E-state index is 12.2. The first-order valence-corrected chi connectivity index (χ1v) is 6.26. The summed E-state index contributed by atoms with van der Waals surface area (Å²) >= 11 is 0. The molecule has 94 valence electrons. The molecule has 2 nitrogen and oxygen atoms in total. The van der Waals surface area contributed by atoms with Gasteiger partial charge in [0.05, 0.1) is 0 Å². The van der Waals surface area contributed by atoms with E-state index >= 15 is 0 Å². The molecule has 0 saturated heterocycles. The number of methoxy groups -OCH3 is 1. The second kappa shape index (κ2) is 6.55. The van der Waals surface area contributed by atoms with Crippen molar-refractivity contribution in [2.24, 2.45) is 5.92 Å². The van der Waals surface area contributed by atoms with Crippen LogP contribution in [0.1, 0.15) is 43.1 Å². The zero-order chi connectivity index (χ0) is 12.8. The van der Waals surface area contributed by atoms with Gasteiger partial charge in [-0.1, -0.05) is 45.4 Å². The van der Waals surface area contributed by atoms with E-state index in [0.29, 0.717) is 0 Å². The van der Waals surface area contributed by atoms with Gasteiger partial charge in [0.15, 0.2) is 5.78 Å². The molecule has 17 heavy (non-hydrogen) atoms. The molecule has 1 aromatic rings. The van der Waals surface area contributed by atoms with Gasteiger partial charge >= 0.3 is 0 Å². The van der Waals surface area contributed by atoms with Gasteiger partial charge in [0.2, 0.25) is 0 Å². The van der Waals surface area contributed by atoms with Gasteiger partial charge in [-0.05, 0) is 24.0 Å². The van der Waals surface area contributed by atoms with E-state index in [9.17, 15) is 4.79 Å². The van der Waals surface area contributed by atoms with Crippen LogP contribution in [0.4, 0.5) is 0 Å². The molecule has 1 rings (SSSR count). The van der Waals surface area contributed by atoms with Crippen LogP contribution >= 0.6 is 0 Å². The summed E-state index contributed by atoms with van der Waals surface area (Å²) in [4.78, 5) is 12.2. The zero-order valence-electron chi connectivity index (χ0n) is 11.2. The lowest BCUT2D eigenvalue weighted by Gasteiger charge is -2.18. The van der Waals surface area contributed by atoms with Crippen molar-refractivity contribution < 1.29 is 9.53 Å². The van der Waals surface area contributed by atoms with Gasteiger partial charge in [-0.2, -0.15) is 0 Å². The second-order valence-corrected chi connectivity index (χ2v) is 4.71. The third kappa shape index (κ3) is 3.67. The number of carbonyl (C=O) groups excluding carboxylic acids is 1. The fourth-order valence-corrected chi connectivity index (χ4v) is 2.01. The van der Waals surface area contributed by atoms with E-state index in [1.807, 2.05) is 32.0 Å². The number of ether oxygens (including phenoxy) is 1. The van der Waals surface area contributed by atoms with Crippen LogP contribution in [0.15, 0.2) is 24.3 Å². The van der Waals surface area contributed by atoms with Crippen molar-refractivity contribution >= 4 is 5.78 Å². The van der Waals surface area contributed by atoms with Crippen molar-refractivity contribution in [3.63, 3.8) is 0 Å². The monoisotopic (exact) mass is 234 g/mol. The van der Waals surface area contributed by atoms with Crippen LogP contribution in [0.25, 0.3) is 0 Å². The minimum Gasteiger partial charge on any atom is -0.373 e. The summed E-state index contributed by atoms with van der Waals surface area (Å²) in [7, 11) is 1.60. The Hall–Kier alpha value is -1.15. The molecule has 0 amide bonds. The van der Waals surface area contributed by atoms with Gasteiger partial charge in [0.25, 0.3) is 0 Å². The van der Waals surface area contributed by atoms with Crippen molar-refractivity contribution in [2.75, 3.05) is 7.11 Å². The van der Waals surface area contributed by atoms with Gasteiger partial charge in [0.1, 0.15) is 6.10 Å². The highest BCUT2D eigenvalue weighted by Gasteiger charge is 2.22. The Bertz CT molecular complexity index is 369. The van der Waals surface area contributed by atoms with E-state index in [2.05, 4.69) is 13.0 Å². The van der Waals surface area contributed by atoms with Crippen LogP contribution < -0.4 is 0 Å². The summed E-state index contributed by atoms with van der Waals surface area (Å²) in [5, 5.41) is 0. The predicted octanol–water partition coefficient (Wildman–Crippen LogP) is 3.49. The first-order valence-electron chi connectivity index (χ1n) is 6.26. The van der Waals surface area contributed by atoms with Crippen molar-refractivity contribution in [1.29, 1.82) is 0 Å². The molecule has 0 aliphatic rings. The molecule has 0 fully saturated rings. The van der Waals surface area contributed by atoms with E-state index < -0.39 is 0 Å². The molecule has 2 heteroatoms. The fraction of sp³-hybridized carbons (Fsp3) is 0.533. The number of carbonyl (C=O) groups is 1. The molecule has 1 aromatic carbocycles. The molecule has 0 aromatic heterocycles. The molecule has 0 aliphatic heterocycles. The molecule has 0 bridgehead atoms. The Morgan fingerprint density at radius 1 is 1.35 bits per heavy atom. The van der Waals surface area contributed by atoms with Gasteiger partial charge < -0.3 is 4.74 Å². The van der Waals surface area contributed by atoms with E-state index in [1.165, 1.54) is 5.56 Å². The lowest BCUT2D eigenvalue weighted by molar-refractivity contribution is 0.0458. The number of benzene rings is 1. The lowest BCUT2D eigenvalue weighted by atomic mass is 9.96. The number of hydrogen-bond donors (Lipinski definition) is 0. The molecule has 0 radical (unpaired) electrons. The van der Waals surface area contributed by atoms with Crippen molar-refractivity contribution in [3.8, 4) is 0 Å². The average molecular weight is 234 g/mol. The average Bonchev–Trinajstić information content (AvgIpc) is 2.30. The standard InChI is InChI=1S/C15H22O2/c1-5-7-12-8-6-9-13(10-12)14(16)15(17-4)11(2)3/h6,8-11,15H,5,7H2,1-4H3. The van der Waals surface area contributed by atoms with E-state index in [-0.39, 0.29) is 17.8 Å². The number of hydrogen-bond acceptors (Lipinski definition) is 2. The Morgan fingerprint density at radius 3 is 2.59 bits per heavy atom. The van der Waals surface area contributed by atoms with Crippen molar-refractivity contribution in [3.05, 3.63) is 35.4 Å². The van der Waals surface area contributed by atoms with Crippen LogP contribution in [-0.2, 0) is 11.2 Å². The number of Topliss-reactive ketones (excluding diaryl/α,β-unsaturated/α-hetero) is 1. The van der Waals surface area contributed by atoms with Gasteiger partial charge in [-0.15, -0.1) is 0 Å². The molecular formula is C15H22O2. The lowest BCUT2D eigenvalue weighted by Crippen LogP contribution is -2.28. The highest BCUT2D eigenvalue weighted by molar-refractivity contribution is 5.99. The quantitative estimate of drug-likeness (QED) is 0.704. The number of rotatable bonds is 6. The van der Waals surface area contributed by atoms with Crippen molar-refractivity contribution in [1.82, 2.24) is 0 Å². The molecule has 0 saturated carbocycles. The van der Waals surface area contributed by atoms with Crippen LogP contribution in [-0.4, -0.2) is 19.0 Å². The van der Waals surface area contributed by atoms with E-state index in [1.54, 1.807) is 7.11 Å². The van der Waals surface area contributed by atoms with Crippen LogP contribution in [0.5, 0.6) is 0 Å². The highest BCUT2D eigenvalue weighted by atomic mass is 16.5. The van der Waals surface area contributed by atoms with Crippen LogP contribution in [0.3, 0.4) is 0 Å². The molecule has 1 atom stereocenters. The topological polar surface area (TPSA) is 26.3 Å². The third-order valence-electron chi connectivity index (χ3n) is 2.87. The fourth-order valence-electron chi connectivity index (χ4n) is 2.01. The Kier molecular flexibility index (Phi) is 5.36. The van der Waals surface area contributed by atoms with Gasteiger partial charge in [-0.25, -0.2) is 0 Å². The summed E-state index contributed by atoms with van der Waals surface area (Å²) < 4.78 is 5.28. The summed E-state index contributed by atoms with van der Waals surface area (Å²) in [6, 6.07) is 7.87. The third-order valence-corrected chi connectivity index (χ3v) is 2.87. The second-order valence-electron chi connectivity index (χ2n) is 4.71. The minimum absolute atomic E-state index is 0.0838. The highest BCUT2D eigenvalue weighted by Crippen LogP contribution is 2.15. The van der Waals surface area contributed by atoms with Gasteiger partial charge in [0, 0.05) is 12.7 Å². The summed E-state index contributed by atoms with van der Waals surface area (Å²) in [6.45, 7) is 6.14.